The van der Waals surface area contributed by atoms with Crippen LogP contribution in [0.4, 0.5) is 5.95 Å². The number of anilines is 1. The number of nitrogens with two attached hydrogens (primary N) is 1. The number of nitrogens with zero attached hydrogens (tertiary/aromatic N) is 3. The summed E-state index contributed by atoms with van der Waals surface area (Å²) < 4.78 is 1.83. The minimum absolute atomic E-state index is 0.474. The Morgan fingerprint density at radius 1 is 1.41 bits per heavy atom. The lowest BCUT2D eigenvalue weighted by Crippen LogP contribution is -2.19. The molecule has 0 aliphatic heterocycles. The molecule has 88 valence electrons. The summed E-state index contributed by atoms with van der Waals surface area (Å²) in [5.41, 5.74) is 8.61. The first-order valence-electron chi connectivity index (χ1n) is 5.61. The first-order valence-corrected chi connectivity index (χ1v) is 6.59. The fourth-order valence-corrected chi connectivity index (χ4v) is 3.17. The third-order valence-corrected chi connectivity index (χ3v) is 4.43. The van der Waals surface area contributed by atoms with Crippen LogP contribution in [0.1, 0.15) is 17.0 Å². The lowest BCUT2D eigenvalue weighted by molar-refractivity contribution is 0.674. The van der Waals surface area contributed by atoms with E-state index in [0.29, 0.717) is 11.9 Å². The molecule has 4 nitrogen and oxygen atoms in total. The second-order valence-corrected chi connectivity index (χ2v) is 5.30. The van der Waals surface area contributed by atoms with E-state index in [4.69, 9.17) is 5.73 Å². The molecular formula is C12H14N4S. The van der Waals surface area contributed by atoms with Gasteiger partial charge >= 0.3 is 0 Å². The van der Waals surface area contributed by atoms with Gasteiger partial charge in [-0.05, 0) is 23.5 Å². The highest BCUT2D eigenvalue weighted by molar-refractivity contribution is 7.99. The van der Waals surface area contributed by atoms with Crippen LogP contribution >= 0.6 is 11.8 Å². The summed E-state index contributed by atoms with van der Waals surface area (Å²) in [6, 6.07) is 8.63. The molecule has 0 fully saturated rings. The number of hydrogen-bond acceptors (Lipinski definition) is 4. The Morgan fingerprint density at radius 2 is 2.24 bits per heavy atom. The molecule has 0 saturated heterocycles. The smallest absolute Gasteiger partial charge is 0.222 e. The molecule has 1 aliphatic carbocycles. The highest BCUT2D eigenvalue weighted by atomic mass is 32.2. The molecule has 0 spiro atoms. The quantitative estimate of drug-likeness (QED) is 0.839. The minimum Gasteiger partial charge on any atom is -0.368 e. The summed E-state index contributed by atoms with van der Waals surface area (Å²) in [7, 11) is 1.90. The van der Waals surface area contributed by atoms with Crippen LogP contribution in [0.5, 0.6) is 0 Å². The van der Waals surface area contributed by atoms with Gasteiger partial charge in [0.05, 0.1) is 0 Å². The fraction of sp³-hybridized carbons (Fsp3) is 0.333. The molecule has 1 unspecified atom stereocenters. The van der Waals surface area contributed by atoms with Gasteiger partial charge in [0.25, 0.3) is 0 Å². The molecule has 1 heterocycles. The van der Waals surface area contributed by atoms with Crippen molar-refractivity contribution in [3.8, 4) is 0 Å². The summed E-state index contributed by atoms with van der Waals surface area (Å²) >= 11 is 1.72. The highest BCUT2D eigenvalue weighted by Crippen LogP contribution is 2.38. The standard InChI is InChI=1S/C12H14N4S/c1-16-11(13)14-15-12(16)17-7-9-6-8-4-2-3-5-10(8)9/h2-5,9H,6-7H2,1H3,(H2,13,14). The molecule has 0 saturated carbocycles. The average molecular weight is 246 g/mol. The Balaban J connectivity index is 1.66. The van der Waals surface area contributed by atoms with E-state index < -0.39 is 0 Å². The van der Waals surface area contributed by atoms with Gasteiger partial charge in [-0.15, -0.1) is 10.2 Å². The number of nitrogen functional groups attached to an aromatic ring is 1. The summed E-state index contributed by atoms with van der Waals surface area (Å²) in [6.07, 6.45) is 1.18. The van der Waals surface area contributed by atoms with E-state index in [9.17, 15) is 0 Å². The third kappa shape index (κ3) is 1.80. The summed E-state index contributed by atoms with van der Waals surface area (Å²) in [6.45, 7) is 0. The van der Waals surface area contributed by atoms with Gasteiger partial charge in [0.1, 0.15) is 0 Å². The first kappa shape index (κ1) is 10.7. The molecule has 1 atom stereocenters. The van der Waals surface area contributed by atoms with Gasteiger partial charge in [0, 0.05) is 12.8 Å². The van der Waals surface area contributed by atoms with E-state index in [0.717, 1.165) is 10.9 Å². The molecule has 0 bridgehead atoms. The van der Waals surface area contributed by atoms with Gasteiger partial charge in [-0.3, -0.25) is 4.57 Å². The van der Waals surface area contributed by atoms with Gasteiger partial charge in [-0.25, -0.2) is 0 Å². The zero-order chi connectivity index (χ0) is 11.8. The van der Waals surface area contributed by atoms with E-state index in [2.05, 4.69) is 34.5 Å². The Bertz CT molecular complexity index is 549. The summed E-state index contributed by atoms with van der Waals surface area (Å²) in [5, 5.41) is 8.80. The Morgan fingerprint density at radius 3 is 2.94 bits per heavy atom. The van der Waals surface area contributed by atoms with Crippen LogP contribution in [-0.4, -0.2) is 20.5 Å². The normalized spacial score (nSPS) is 17.6. The highest BCUT2D eigenvalue weighted by Gasteiger charge is 2.25. The van der Waals surface area contributed by atoms with E-state index >= 15 is 0 Å². The number of thioether (sulfide) groups is 1. The van der Waals surface area contributed by atoms with Crippen LogP contribution < -0.4 is 5.73 Å². The van der Waals surface area contributed by atoms with Crippen LogP contribution in [0, 0.1) is 0 Å². The van der Waals surface area contributed by atoms with Crippen molar-refractivity contribution in [1.82, 2.24) is 14.8 Å². The van der Waals surface area contributed by atoms with Gasteiger partial charge in [-0.2, -0.15) is 0 Å². The van der Waals surface area contributed by atoms with E-state index in [1.807, 2.05) is 11.6 Å². The summed E-state index contributed by atoms with van der Waals surface area (Å²) in [5.74, 6) is 2.17. The van der Waals surface area contributed by atoms with E-state index in [-0.39, 0.29) is 0 Å². The molecule has 1 aromatic carbocycles. The van der Waals surface area contributed by atoms with E-state index in [1.54, 1.807) is 11.8 Å². The van der Waals surface area contributed by atoms with Gasteiger partial charge in [0.15, 0.2) is 5.16 Å². The van der Waals surface area contributed by atoms with Crippen LogP contribution in [0.3, 0.4) is 0 Å². The van der Waals surface area contributed by atoms with Gasteiger partial charge in [-0.1, -0.05) is 36.0 Å². The van der Waals surface area contributed by atoms with Crippen molar-refractivity contribution >= 4 is 17.7 Å². The van der Waals surface area contributed by atoms with Gasteiger partial charge in [0.2, 0.25) is 5.95 Å². The van der Waals surface area contributed by atoms with Crippen LogP contribution in [-0.2, 0) is 13.5 Å². The number of fused-ring (bicyclic) bond motifs is 1. The second kappa shape index (κ2) is 4.07. The molecule has 2 aromatic rings. The molecule has 1 aliphatic rings. The van der Waals surface area contributed by atoms with Crippen molar-refractivity contribution in [2.24, 2.45) is 7.05 Å². The van der Waals surface area contributed by atoms with E-state index in [1.165, 1.54) is 17.5 Å². The van der Waals surface area contributed by atoms with Crippen LogP contribution in [0.2, 0.25) is 0 Å². The molecule has 17 heavy (non-hydrogen) atoms. The maximum atomic E-state index is 5.65. The van der Waals surface area contributed by atoms with Crippen molar-refractivity contribution in [3.63, 3.8) is 0 Å². The van der Waals surface area contributed by atoms with Gasteiger partial charge < -0.3 is 5.73 Å². The van der Waals surface area contributed by atoms with Crippen LogP contribution in [0.25, 0.3) is 0 Å². The average Bonchev–Trinajstić information content (AvgIpc) is 2.62. The predicted octanol–water partition coefficient (Wildman–Crippen LogP) is 1.83. The maximum absolute atomic E-state index is 5.65. The number of rotatable bonds is 3. The molecule has 0 radical (unpaired) electrons. The van der Waals surface area contributed by atoms with Crippen molar-refractivity contribution in [3.05, 3.63) is 35.4 Å². The van der Waals surface area contributed by atoms with Crippen molar-refractivity contribution < 1.29 is 0 Å². The number of hydrogen-bond donors (Lipinski definition) is 1. The minimum atomic E-state index is 0.474. The Kier molecular flexibility index (Phi) is 2.55. The SMILES string of the molecule is Cn1c(N)nnc1SCC1Cc2ccccc21. The third-order valence-electron chi connectivity index (χ3n) is 3.24. The molecule has 5 heteroatoms. The Hall–Kier alpha value is -1.49. The Labute approximate surface area is 104 Å². The fourth-order valence-electron chi connectivity index (χ4n) is 2.14. The summed E-state index contributed by atoms with van der Waals surface area (Å²) in [4.78, 5) is 0. The van der Waals surface area contributed by atoms with Crippen molar-refractivity contribution in [2.45, 2.75) is 17.5 Å². The molecule has 1 aromatic heterocycles. The molecule has 3 rings (SSSR count). The monoisotopic (exact) mass is 246 g/mol. The lowest BCUT2D eigenvalue weighted by Gasteiger charge is -2.29. The molecular weight excluding hydrogens is 232 g/mol. The van der Waals surface area contributed by atoms with Crippen molar-refractivity contribution in [2.75, 3.05) is 11.5 Å². The van der Waals surface area contributed by atoms with Crippen LogP contribution in [0.15, 0.2) is 29.4 Å². The molecule has 2 N–H and O–H groups in total. The number of aromatic nitrogens is 3. The number of benzene rings is 1. The molecule has 0 amide bonds. The zero-order valence-electron chi connectivity index (χ0n) is 9.63. The lowest BCUT2D eigenvalue weighted by atomic mass is 9.79. The largest absolute Gasteiger partial charge is 0.368 e. The topological polar surface area (TPSA) is 56.7 Å². The predicted molar refractivity (Wildman–Crippen MR) is 69.0 cm³/mol. The van der Waals surface area contributed by atoms with Crippen molar-refractivity contribution in [1.29, 1.82) is 0 Å². The first-order chi connectivity index (χ1) is 8.25. The zero-order valence-corrected chi connectivity index (χ0v) is 10.4. The second-order valence-electron chi connectivity index (χ2n) is 4.31. The maximum Gasteiger partial charge on any atom is 0.222 e.